The van der Waals surface area contributed by atoms with Gasteiger partial charge in [-0.3, -0.25) is 0 Å². The maximum Gasteiger partial charge on any atom is 0.0797 e. The minimum absolute atomic E-state index is 0.367. The number of halogens is 2. The Morgan fingerprint density at radius 2 is 2.17 bits per heavy atom. The maximum atomic E-state index is 11.4. The second-order valence-electron chi connectivity index (χ2n) is 2.39. The zero-order valence-electron chi connectivity index (χ0n) is 6.30. The smallest absolute Gasteiger partial charge is 0.0797 e. The Morgan fingerprint density at radius 1 is 1.58 bits per heavy atom. The normalized spacial score (nSPS) is 15.6. The molecule has 66 valence electrons. The first kappa shape index (κ1) is 10.0. The first-order valence-corrected chi connectivity index (χ1v) is 6.24. The quantitative estimate of drug-likeness (QED) is 0.835. The molecule has 0 heterocycles. The van der Waals surface area contributed by atoms with Gasteiger partial charge in [0.25, 0.3) is 0 Å². The largest absolute Gasteiger partial charge is 0.249 e. The number of benzene rings is 1. The second-order valence-corrected chi connectivity index (χ2v) is 5.75. The maximum absolute atomic E-state index is 11.4. The van der Waals surface area contributed by atoms with Crippen LogP contribution in [0.1, 0.15) is 0 Å². The van der Waals surface area contributed by atoms with Crippen LogP contribution in [0.15, 0.2) is 27.6 Å². The molecule has 0 aromatic heterocycles. The minimum atomic E-state index is -2.74. The number of hydrogen-bond acceptors (Lipinski definition) is 2. The third-order valence-corrected chi connectivity index (χ3v) is 3.88. The average molecular weight is 269 g/mol. The summed E-state index contributed by atoms with van der Waals surface area (Å²) in [4.78, 5) is 0.367. The van der Waals surface area contributed by atoms with Crippen LogP contribution in [-0.2, 0) is 9.73 Å². The topological polar surface area (TPSA) is 40.9 Å². The van der Waals surface area contributed by atoms with E-state index in [1.165, 1.54) is 6.26 Å². The molecule has 1 rings (SSSR count). The molecule has 1 atom stereocenters. The molecule has 2 nitrogen and oxygen atoms in total. The van der Waals surface area contributed by atoms with Crippen molar-refractivity contribution in [2.75, 3.05) is 6.26 Å². The Balaban J connectivity index is 3.53. The molecule has 1 aromatic carbocycles. The molecule has 0 radical (unpaired) electrons. The number of rotatable bonds is 1. The number of hydrogen-bond donors (Lipinski definition) is 1. The van der Waals surface area contributed by atoms with Gasteiger partial charge >= 0.3 is 0 Å². The lowest BCUT2D eigenvalue weighted by atomic mass is 10.4. The summed E-state index contributed by atoms with van der Waals surface area (Å²) in [6.45, 7) is 0. The summed E-state index contributed by atoms with van der Waals surface area (Å²) in [7, 11) is -2.74. The summed E-state index contributed by atoms with van der Waals surface area (Å²) in [5.74, 6) is 0. The van der Waals surface area contributed by atoms with Gasteiger partial charge in [0.1, 0.15) is 0 Å². The van der Waals surface area contributed by atoms with E-state index in [1.807, 2.05) is 0 Å². The van der Waals surface area contributed by atoms with Gasteiger partial charge in [-0.1, -0.05) is 17.7 Å². The van der Waals surface area contributed by atoms with E-state index in [-0.39, 0.29) is 0 Å². The fourth-order valence-corrected chi connectivity index (χ4v) is 3.76. The van der Waals surface area contributed by atoms with Crippen LogP contribution >= 0.6 is 27.5 Å². The van der Waals surface area contributed by atoms with E-state index in [0.717, 1.165) is 0 Å². The van der Waals surface area contributed by atoms with Gasteiger partial charge in [0.15, 0.2) is 0 Å². The van der Waals surface area contributed by atoms with Gasteiger partial charge in [0.05, 0.1) is 19.6 Å². The highest BCUT2D eigenvalue weighted by Gasteiger charge is 2.11. The van der Waals surface area contributed by atoms with E-state index in [2.05, 4.69) is 15.9 Å². The number of nitrogens with one attached hydrogen (secondary N) is 1. The van der Waals surface area contributed by atoms with Crippen molar-refractivity contribution in [2.24, 2.45) is 0 Å². The monoisotopic (exact) mass is 267 g/mol. The molecule has 1 unspecified atom stereocenters. The molecule has 0 spiro atoms. The van der Waals surface area contributed by atoms with Crippen molar-refractivity contribution in [1.29, 1.82) is 4.78 Å². The molecule has 0 fully saturated rings. The van der Waals surface area contributed by atoms with Gasteiger partial charge in [-0.2, -0.15) is 0 Å². The zero-order valence-corrected chi connectivity index (χ0v) is 9.46. The Hall–Kier alpha value is -0.0600. The van der Waals surface area contributed by atoms with Crippen molar-refractivity contribution in [1.82, 2.24) is 0 Å². The van der Waals surface area contributed by atoms with Crippen LogP contribution in [0, 0.1) is 4.78 Å². The fraction of sp³-hybridized carbons (Fsp3) is 0.143. The van der Waals surface area contributed by atoms with Crippen LogP contribution in [0.2, 0.25) is 5.02 Å². The van der Waals surface area contributed by atoms with Crippen LogP contribution in [0.5, 0.6) is 0 Å². The van der Waals surface area contributed by atoms with E-state index in [1.54, 1.807) is 18.2 Å². The summed E-state index contributed by atoms with van der Waals surface area (Å²) in [5, 5.41) is 0.367. The Labute approximate surface area is 85.0 Å². The molecule has 1 aromatic rings. The molecule has 0 saturated carbocycles. The van der Waals surface area contributed by atoms with Crippen LogP contribution in [0.3, 0.4) is 0 Å². The van der Waals surface area contributed by atoms with E-state index < -0.39 is 9.73 Å². The van der Waals surface area contributed by atoms with Gasteiger partial charge in [0, 0.05) is 10.7 Å². The van der Waals surface area contributed by atoms with Crippen molar-refractivity contribution in [2.45, 2.75) is 4.90 Å². The fourth-order valence-electron chi connectivity index (χ4n) is 0.855. The minimum Gasteiger partial charge on any atom is -0.249 e. The third kappa shape index (κ3) is 2.00. The lowest BCUT2D eigenvalue weighted by Crippen LogP contribution is -1.96. The molecule has 12 heavy (non-hydrogen) atoms. The van der Waals surface area contributed by atoms with Crippen molar-refractivity contribution in [3.63, 3.8) is 0 Å². The molecule has 5 heteroatoms. The summed E-state index contributed by atoms with van der Waals surface area (Å²) in [5.41, 5.74) is 0. The van der Waals surface area contributed by atoms with E-state index in [0.29, 0.717) is 14.4 Å². The van der Waals surface area contributed by atoms with Gasteiger partial charge in [-0.15, -0.1) is 0 Å². The predicted octanol–water partition coefficient (Wildman–Crippen LogP) is 3.14. The predicted molar refractivity (Wildman–Crippen MR) is 54.2 cm³/mol. The molecule has 0 amide bonds. The van der Waals surface area contributed by atoms with Gasteiger partial charge in [-0.05, 0) is 28.1 Å². The highest BCUT2D eigenvalue weighted by Crippen LogP contribution is 2.29. The van der Waals surface area contributed by atoms with E-state index in [4.69, 9.17) is 16.4 Å². The Kier molecular flexibility index (Phi) is 2.81. The Bertz CT molecular complexity index is 382. The van der Waals surface area contributed by atoms with Gasteiger partial charge < -0.3 is 0 Å². The molecular formula is C7H7BrClNOS. The lowest BCUT2D eigenvalue weighted by Gasteiger charge is -2.05. The molecular weight excluding hydrogens is 262 g/mol. The Morgan fingerprint density at radius 3 is 2.50 bits per heavy atom. The van der Waals surface area contributed by atoms with Crippen molar-refractivity contribution < 1.29 is 4.21 Å². The zero-order chi connectivity index (χ0) is 9.35. The lowest BCUT2D eigenvalue weighted by molar-refractivity contribution is 0.678. The SMILES string of the molecule is CS(=N)(=O)c1c(Cl)cccc1Br. The van der Waals surface area contributed by atoms with Crippen LogP contribution in [0.25, 0.3) is 0 Å². The molecule has 1 N–H and O–H groups in total. The van der Waals surface area contributed by atoms with Gasteiger partial charge in [-0.25, -0.2) is 8.99 Å². The molecule has 0 aliphatic carbocycles. The summed E-state index contributed by atoms with van der Waals surface area (Å²) in [6, 6.07) is 5.08. The van der Waals surface area contributed by atoms with Crippen LogP contribution in [-0.4, -0.2) is 10.5 Å². The highest BCUT2D eigenvalue weighted by molar-refractivity contribution is 9.10. The first-order valence-electron chi connectivity index (χ1n) is 3.11. The van der Waals surface area contributed by atoms with Crippen LogP contribution < -0.4 is 0 Å². The third-order valence-electron chi connectivity index (χ3n) is 1.31. The summed E-state index contributed by atoms with van der Waals surface area (Å²) < 4.78 is 19.4. The van der Waals surface area contributed by atoms with Crippen molar-refractivity contribution >= 4 is 37.3 Å². The van der Waals surface area contributed by atoms with E-state index in [9.17, 15) is 4.21 Å². The van der Waals surface area contributed by atoms with Crippen molar-refractivity contribution in [3.05, 3.63) is 27.7 Å². The second kappa shape index (κ2) is 3.36. The van der Waals surface area contributed by atoms with E-state index >= 15 is 0 Å². The summed E-state index contributed by atoms with van der Waals surface area (Å²) in [6.07, 6.45) is 1.35. The molecule has 0 aliphatic heterocycles. The van der Waals surface area contributed by atoms with Crippen molar-refractivity contribution in [3.8, 4) is 0 Å². The molecule has 0 bridgehead atoms. The van der Waals surface area contributed by atoms with Crippen LogP contribution in [0.4, 0.5) is 0 Å². The highest BCUT2D eigenvalue weighted by atomic mass is 79.9. The first-order chi connectivity index (χ1) is 5.43. The summed E-state index contributed by atoms with van der Waals surface area (Å²) >= 11 is 8.98. The molecule has 0 aliphatic rings. The average Bonchev–Trinajstić information content (AvgIpc) is 1.82. The standard InChI is InChI=1S/C7H7BrClNOS/c1-12(10,11)7-5(8)3-2-4-6(7)9/h2-4,10H,1H3. The molecule has 0 saturated heterocycles. The van der Waals surface area contributed by atoms with Gasteiger partial charge in [0.2, 0.25) is 0 Å².